The van der Waals surface area contributed by atoms with Gasteiger partial charge in [-0.1, -0.05) is 12.1 Å². The van der Waals surface area contributed by atoms with Crippen molar-refractivity contribution in [1.82, 2.24) is 14.9 Å². The average molecular weight is 723 g/mol. The molecule has 2 aromatic carbocycles. The van der Waals surface area contributed by atoms with Gasteiger partial charge in [-0.3, -0.25) is 18.5 Å². The summed E-state index contributed by atoms with van der Waals surface area (Å²) in [6.45, 7) is 1.33. The second-order valence-corrected chi connectivity index (χ2v) is 16.7. The maximum atomic E-state index is 15.4. The number of hydrogen-bond acceptors (Lipinski definition) is 8. The molecule has 4 aromatic rings. The van der Waals surface area contributed by atoms with Crippen LogP contribution in [0.4, 0.5) is 23.8 Å². The summed E-state index contributed by atoms with van der Waals surface area (Å²) in [5.41, 5.74) is -2.04. The van der Waals surface area contributed by atoms with Crippen LogP contribution in [0.25, 0.3) is 16.7 Å². The summed E-state index contributed by atoms with van der Waals surface area (Å²) in [5, 5.41) is 10.0. The molecule has 1 amide bonds. The van der Waals surface area contributed by atoms with Crippen molar-refractivity contribution >= 4 is 43.9 Å². The maximum absolute atomic E-state index is 15.4. The first-order chi connectivity index (χ1) is 22.9. The molecular weight excluding hydrogens is 695 g/mol. The standard InChI is InChI=1S/C30H27F3N4O10P2/c1-48(42,43)24(49(44,45)46)8-14-2-5-16(6-3-14)47-30(41)34-25-18-11-36(12-19(18)25)28-22(33)10-17-26(38)20(29(39)40)13-37(27(17)35-28)23-7-4-15(31)9-21(23)32/h2-7,9-10,13,18-19,24-25H,8,11-12H2,1H3,(H,34,41)(H,39,40)(H,42,43)(H2,44,45,46)/t18-,19+,24?,25+. The number of hydrogen-bond donors (Lipinski definition) is 5. The summed E-state index contributed by atoms with van der Waals surface area (Å²) >= 11 is 0. The normalized spacial score (nSPS) is 20.4. The fourth-order valence-corrected chi connectivity index (χ4v) is 9.34. The number of aromatic nitrogens is 2. The molecule has 5 atom stereocenters. The number of carboxylic acid groups (broad SMARTS) is 1. The fraction of sp³-hybridized carbons (Fsp3) is 0.267. The highest BCUT2D eigenvalue weighted by Crippen LogP contribution is 2.61. The van der Waals surface area contributed by atoms with Crippen molar-refractivity contribution in [1.29, 1.82) is 0 Å². The first kappa shape index (κ1) is 34.3. The Labute approximate surface area is 274 Å². The Bertz CT molecular complexity index is 2140. The van der Waals surface area contributed by atoms with Crippen LogP contribution in [0.15, 0.2) is 59.5 Å². The molecule has 14 nitrogen and oxygen atoms in total. The second kappa shape index (κ2) is 12.4. The van der Waals surface area contributed by atoms with E-state index in [1.807, 2.05) is 0 Å². The van der Waals surface area contributed by atoms with E-state index in [2.05, 4.69) is 10.3 Å². The number of carbonyl (C=O) groups excluding carboxylic acids is 1. The van der Waals surface area contributed by atoms with Crippen molar-refractivity contribution in [2.45, 2.75) is 17.9 Å². The van der Waals surface area contributed by atoms with Crippen molar-refractivity contribution in [3.63, 3.8) is 0 Å². The molecule has 258 valence electrons. The van der Waals surface area contributed by atoms with Gasteiger partial charge in [-0.15, -0.1) is 0 Å². The lowest BCUT2D eigenvalue weighted by atomic mass is 10.1. The van der Waals surface area contributed by atoms with Gasteiger partial charge >= 0.3 is 19.7 Å². The van der Waals surface area contributed by atoms with E-state index in [0.29, 0.717) is 11.6 Å². The predicted octanol–water partition coefficient (Wildman–Crippen LogP) is 3.67. The molecule has 1 aliphatic heterocycles. The Morgan fingerprint density at radius 2 is 1.67 bits per heavy atom. The van der Waals surface area contributed by atoms with Gasteiger partial charge in [0.05, 0.1) is 11.1 Å². The molecule has 3 heterocycles. The molecule has 1 aliphatic carbocycles. The highest BCUT2D eigenvalue weighted by molar-refractivity contribution is 7.73. The van der Waals surface area contributed by atoms with E-state index in [4.69, 9.17) is 4.74 Å². The summed E-state index contributed by atoms with van der Waals surface area (Å²) < 4.78 is 73.7. The van der Waals surface area contributed by atoms with Crippen LogP contribution in [0.5, 0.6) is 5.75 Å². The van der Waals surface area contributed by atoms with E-state index in [1.54, 1.807) is 4.90 Å². The number of pyridine rings is 2. The molecule has 0 bridgehead atoms. The van der Waals surface area contributed by atoms with Gasteiger partial charge in [0.25, 0.3) is 0 Å². The third-order valence-corrected chi connectivity index (χ3v) is 13.0. The topological polar surface area (TPSA) is 209 Å². The monoisotopic (exact) mass is 722 g/mol. The summed E-state index contributed by atoms with van der Waals surface area (Å²) in [4.78, 5) is 71.7. The molecule has 5 N–H and O–H groups in total. The first-order valence-corrected chi connectivity index (χ1v) is 18.4. The largest absolute Gasteiger partial charge is 0.477 e. The number of carboxylic acids is 1. The van der Waals surface area contributed by atoms with Crippen molar-refractivity contribution in [2.75, 3.05) is 24.7 Å². The fourth-order valence-electron chi connectivity index (χ4n) is 6.11. The van der Waals surface area contributed by atoms with E-state index in [-0.39, 0.29) is 60.3 Å². The molecule has 19 heteroatoms. The zero-order valence-corrected chi connectivity index (χ0v) is 27.0. The van der Waals surface area contributed by atoms with E-state index in [1.165, 1.54) is 24.3 Å². The number of anilines is 1. The van der Waals surface area contributed by atoms with Crippen molar-refractivity contribution < 1.29 is 56.4 Å². The summed E-state index contributed by atoms with van der Waals surface area (Å²) in [6.07, 6.45) is -0.328. The molecule has 2 aliphatic rings. The van der Waals surface area contributed by atoms with Gasteiger partial charge in [0, 0.05) is 49.9 Å². The van der Waals surface area contributed by atoms with E-state index in [0.717, 1.165) is 35.6 Å². The van der Waals surface area contributed by atoms with Crippen LogP contribution in [0, 0.1) is 29.3 Å². The number of halogens is 3. The minimum Gasteiger partial charge on any atom is -0.477 e. The molecule has 2 unspecified atom stereocenters. The number of benzene rings is 2. The van der Waals surface area contributed by atoms with Gasteiger partial charge in [0.2, 0.25) is 12.8 Å². The zero-order chi connectivity index (χ0) is 35.6. The number of aromatic carboxylic acids is 1. The molecule has 1 saturated carbocycles. The van der Waals surface area contributed by atoms with E-state index < -0.39 is 66.3 Å². The number of nitrogens with one attached hydrogen (secondary N) is 1. The predicted molar refractivity (Wildman–Crippen MR) is 168 cm³/mol. The lowest BCUT2D eigenvalue weighted by Crippen LogP contribution is -2.36. The average Bonchev–Trinajstić information content (AvgIpc) is 3.41. The van der Waals surface area contributed by atoms with E-state index >= 15 is 4.39 Å². The Balaban J connectivity index is 1.14. The van der Waals surface area contributed by atoms with Gasteiger partial charge in [0.1, 0.15) is 28.3 Å². The third kappa shape index (κ3) is 6.85. The van der Waals surface area contributed by atoms with Crippen LogP contribution in [0.1, 0.15) is 15.9 Å². The Morgan fingerprint density at radius 1 is 1.02 bits per heavy atom. The smallest absolute Gasteiger partial charge is 0.412 e. The van der Waals surface area contributed by atoms with Gasteiger partial charge in [-0.05, 0) is 42.3 Å². The second-order valence-electron chi connectivity index (χ2n) is 12.0. The molecule has 0 radical (unpaired) electrons. The Hall–Kier alpha value is -4.53. The number of amides is 1. The van der Waals surface area contributed by atoms with Crippen molar-refractivity contribution in [2.24, 2.45) is 11.8 Å². The SMILES string of the molecule is CP(=O)(O)C(Cc1ccc(OC(=O)N[C@H]2[C@@H]3CN(c4nc5c(cc4F)c(=O)c(C(=O)O)cn5-c4ccc(F)cc4F)C[C@@H]32)cc1)P(=O)(O)O. The summed E-state index contributed by atoms with van der Waals surface area (Å²) in [6, 6.07) is 8.57. The quantitative estimate of drug-likeness (QED) is 0.157. The number of nitrogens with zero attached hydrogens (tertiary/aromatic N) is 3. The molecule has 49 heavy (non-hydrogen) atoms. The lowest BCUT2D eigenvalue weighted by Gasteiger charge is -2.23. The number of piperidine rings is 1. The minimum atomic E-state index is -4.87. The molecule has 6 rings (SSSR count). The van der Waals surface area contributed by atoms with Crippen LogP contribution in [-0.2, 0) is 15.6 Å². The van der Waals surface area contributed by atoms with Gasteiger partial charge in [-0.2, -0.15) is 0 Å². The maximum Gasteiger partial charge on any atom is 0.412 e. The third-order valence-electron chi connectivity index (χ3n) is 8.58. The Kier molecular flexibility index (Phi) is 8.70. The first-order valence-electron chi connectivity index (χ1n) is 14.5. The molecule has 0 spiro atoms. The lowest BCUT2D eigenvalue weighted by molar-refractivity contribution is 0.0695. The van der Waals surface area contributed by atoms with Crippen molar-refractivity contribution in [3.8, 4) is 11.4 Å². The minimum absolute atomic E-state index is 0.0993. The Morgan fingerprint density at radius 3 is 2.24 bits per heavy atom. The van der Waals surface area contributed by atoms with Gasteiger partial charge in [0.15, 0.2) is 17.3 Å². The molecule has 1 saturated heterocycles. The van der Waals surface area contributed by atoms with Crippen LogP contribution < -0.4 is 20.4 Å². The number of rotatable bonds is 9. The summed E-state index contributed by atoms with van der Waals surface area (Å²) in [5.74, 6) is -4.89. The highest BCUT2D eigenvalue weighted by Gasteiger charge is 2.57. The van der Waals surface area contributed by atoms with Gasteiger partial charge < -0.3 is 34.7 Å². The number of carbonyl (C=O) groups is 2. The van der Waals surface area contributed by atoms with E-state index in [9.17, 15) is 52.1 Å². The van der Waals surface area contributed by atoms with Crippen LogP contribution in [-0.4, -0.2) is 72.6 Å². The van der Waals surface area contributed by atoms with Crippen LogP contribution >= 0.6 is 15.0 Å². The molecular formula is C30H27F3N4O10P2. The number of fused-ring (bicyclic) bond motifs is 2. The summed E-state index contributed by atoms with van der Waals surface area (Å²) in [7, 11) is -9.00. The zero-order valence-electron chi connectivity index (χ0n) is 25.2. The number of ether oxygens (including phenoxy) is 1. The van der Waals surface area contributed by atoms with Crippen LogP contribution in [0.2, 0.25) is 0 Å². The van der Waals surface area contributed by atoms with Crippen LogP contribution in [0.3, 0.4) is 0 Å². The highest BCUT2D eigenvalue weighted by atomic mass is 31.2. The molecule has 2 fully saturated rings. The molecule has 2 aromatic heterocycles. The van der Waals surface area contributed by atoms with Gasteiger partial charge in [-0.25, -0.2) is 27.7 Å². The van der Waals surface area contributed by atoms with Crippen molar-refractivity contribution in [3.05, 3.63) is 93.5 Å².